The minimum Gasteiger partial charge on any atom is -0.465 e. The van der Waals surface area contributed by atoms with Crippen LogP contribution in [0.1, 0.15) is 30.9 Å². The normalized spacial score (nSPS) is 15.4. The summed E-state index contributed by atoms with van der Waals surface area (Å²) in [6, 6.07) is 3.93. The summed E-state index contributed by atoms with van der Waals surface area (Å²) in [4.78, 5) is 0. The average Bonchev–Trinajstić information content (AvgIpc) is 2.60. The van der Waals surface area contributed by atoms with Gasteiger partial charge in [-0.1, -0.05) is 13.3 Å². The Bertz CT molecular complexity index is 270. The molecule has 2 atom stereocenters. The maximum absolute atomic E-state index is 6.12. The first-order valence-electron chi connectivity index (χ1n) is 5.15. The number of nitrogens with one attached hydrogen (secondary N) is 1. The minimum absolute atomic E-state index is 0.00106. The predicted molar refractivity (Wildman–Crippen MR) is 58.1 cm³/mol. The Morgan fingerprint density at radius 2 is 2.21 bits per heavy atom. The Kier molecular flexibility index (Phi) is 4.17. The molecule has 0 radical (unpaired) electrons. The second-order valence-electron chi connectivity index (χ2n) is 3.70. The lowest BCUT2D eigenvalue weighted by Gasteiger charge is -2.20. The first-order valence-corrected chi connectivity index (χ1v) is 5.15. The summed E-state index contributed by atoms with van der Waals surface area (Å²) in [7, 11) is 1.95. The monoisotopic (exact) mass is 196 g/mol. The summed E-state index contributed by atoms with van der Waals surface area (Å²) in [5.74, 6) is 2.25. The van der Waals surface area contributed by atoms with Crippen LogP contribution in [0, 0.1) is 12.8 Å². The highest BCUT2D eigenvalue weighted by Crippen LogP contribution is 2.23. The molecule has 80 valence electrons. The summed E-state index contributed by atoms with van der Waals surface area (Å²) in [6.45, 7) is 5.02. The molecule has 1 heterocycles. The molecule has 0 saturated carbocycles. The van der Waals surface area contributed by atoms with Crippen molar-refractivity contribution in [2.75, 3.05) is 13.6 Å². The molecule has 0 saturated heterocycles. The van der Waals surface area contributed by atoms with Crippen molar-refractivity contribution in [3.05, 3.63) is 23.7 Å². The number of aryl methyl sites for hydroxylation is 1. The number of rotatable bonds is 5. The van der Waals surface area contributed by atoms with Crippen LogP contribution in [-0.2, 0) is 0 Å². The molecule has 3 N–H and O–H groups in total. The van der Waals surface area contributed by atoms with Gasteiger partial charge >= 0.3 is 0 Å². The second kappa shape index (κ2) is 5.17. The largest absolute Gasteiger partial charge is 0.465 e. The summed E-state index contributed by atoms with van der Waals surface area (Å²) in [5.41, 5.74) is 6.12. The smallest absolute Gasteiger partial charge is 0.121 e. The van der Waals surface area contributed by atoms with E-state index in [1.165, 1.54) is 0 Å². The molecular formula is C11H20N2O. The topological polar surface area (TPSA) is 51.2 Å². The molecule has 0 aliphatic rings. The second-order valence-corrected chi connectivity index (χ2v) is 3.70. The van der Waals surface area contributed by atoms with Gasteiger partial charge < -0.3 is 15.5 Å². The molecule has 0 aliphatic heterocycles. The molecule has 0 amide bonds. The van der Waals surface area contributed by atoms with Crippen molar-refractivity contribution in [2.45, 2.75) is 26.3 Å². The predicted octanol–water partition coefficient (Wildman–Crippen LogP) is 1.83. The maximum Gasteiger partial charge on any atom is 0.121 e. The standard InChI is InChI=1S/C11H20N2O/c1-4-9(7-13-3)11(12)10-6-5-8(2)14-10/h5-6,9,11,13H,4,7,12H2,1-3H3. The molecule has 1 aromatic rings. The van der Waals surface area contributed by atoms with E-state index in [0.717, 1.165) is 24.5 Å². The SMILES string of the molecule is CCC(CNC)C(N)c1ccc(C)o1. The zero-order valence-electron chi connectivity index (χ0n) is 9.21. The molecule has 0 fully saturated rings. The van der Waals surface area contributed by atoms with Crippen molar-refractivity contribution in [3.8, 4) is 0 Å². The summed E-state index contributed by atoms with van der Waals surface area (Å²) >= 11 is 0. The Balaban J connectivity index is 2.66. The lowest BCUT2D eigenvalue weighted by molar-refractivity contribution is 0.341. The first kappa shape index (κ1) is 11.3. The highest BCUT2D eigenvalue weighted by Gasteiger charge is 2.19. The van der Waals surface area contributed by atoms with Gasteiger partial charge in [-0.15, -0.1) is 0 Å². The highest BCUT2D eigenvalue weighted by atomic mass is 16.3. The molecule has 0 spiro atoms. The molecule has 1 aromatic heterocycles. The van der Waals surface area contributed by atoms with E-state index in [1.807, 2.05) is 26.1 Å². The number of hydrogen-bond donors (Lipinski definition) is 2. The third-order valence-electron chi connectivity index (χ3n) is 2.59. The van der Waals surface area contributed by atoms with Gasteiger partial charge in [0.1, 0.15) is 11.5 Å². The van der Waals surface area contributed by atoms with Crippen LogP contribution in [0.3, 0.4) is 0 Å². The molecule has 3 nitrogen and oxygen atoms in total. The van der Waals surface area contributed by atoms with Gasteiger partial charge in [0.15, 0.2) is 0 Å². The quantitative estimate of drug-likeness (QED) is 0.755. The van der Waals surface area contributed by atoms with Gasteiger partial charge in [-0.25, -0.2) is 0 Å². The fourth-order valence-corrected chi connectivity index (χ4v) is 1.65. The van der Waals surface area contributed by atoms with Gasteiger partial charge in [-0.3, -0.25) is 0 Å². The van der Waals surface area contributed by atoms with E-state index < -0.39 is 0 Å². The summed E-state index contributed by atoms with van der Waals surface area (Å²) < 4.78 is 5.52. The van der Waals surface area contributed by atoms with Crippen LogP contribution < -0.4 is 11.1 Å². The van der Waals surface area contributed by atoms with Crippen LogP contribution in [0.5, 0.6) is 0 Å². The third kappa shape index (κ3) is 2.59. The van der Waals surface area contributed by atoms with E-state index in [1.54, 1.807) is 0 Å². The van der Waals surface area contributed by atoms with Crippen LogP contribution in [0.2, 0.25) is 0 Å². The molecule has 2 unspecified atom stereocenters. The number of hydrogen-bond acceptors (Lipinski definition) is 3. The van der Waals surface area contributed by atoms with E-state index in [4.69, 9.17) is 10.2 Å². The molecule has 0 aromatic carbocycles. The van der Waals surface area contributed by atoms with Crippen molar-refractivity contribution in [1.29, 1.82) is 0 Å². The Labute approximate surface area is 85.7 Å². The van der Waals surface area contributed by atoms with Crippen LogP contribution >= 0.6 is 0 Å². The Hall–Kier alpha value is -0.800. The van der Waals surface area contributed by atoms with Gasteiger partial charge in [-0.05, 0) is 38.6 Å². The van der Waals surface area contributed by atoms with Crippen LogP contribution in [0.15, 0.2) is 16.5 Å². The van der Waals surface area contributed by atoms with E-state index in [9.17, 15) is 0 Å². The van der Waals surface area contributed by atoms with Crippen molar-refractivity contribution < 1.29 is 4.42 Å². The minimum atomic E-state index is 0.00106. The van der Waals surface area contributed by atoms with E-state index >= 15 is 0 Å². The van der Waals surface area contributed by atoms with Crippen LogP contribution in [0.4, 0.5) is 0 Å². The van der Waals surface area contributed by atoms with E-state index in [0.29, 0.717) is 5.92 Å². The van der Waals surface area contributed by atoms with Gasteiger partial charge in [-0.2, -0.15) is 0 Å². The molecule has 0 bridgehead atoms. The van der Waals surface area contributed by atoms with E-state index in [2.05, 4.69) is 12.2 Å². The highest BCUT2D eigenvalue weighted by molar-refractivity contribution is 5.10. The number of nitrogens with two attached hydrogens (primary N) is 1. The summed E-state index contributed by atoms with van der Waals surface area (Å²) in [6.07, 6.45) is 1.06. The fourth-order valence-electron chi connectivity index (χ4n) is 1.65. The third-order valence-corrected chi connectivity index (χ3v) is 2.59. The van der Waals surface area contributed by atoms with Gasteiger partial charge in [0.25, 0.3) is 0 Å². The first-order chi connectivity index (χ1) is 6.69. The lowest BCUT2D eigenvalue weighted by atomic mass is 9.96. The van der Waals surface area contributed by atoms with Crippen molar-refractivity contribution >= 4 is 0 Å². The zero-order chi connectivity index (χ0) is 10.6. The Morgan fingerprint density at radius 1 is 1.50 bits per heavy atom. The van der Waals surface area contributed by atoms with Gasteiger partial charge in [0.2, 0.25) is 0 Å². The average molecular weight is 196 g/mol. The maximum atomic E-state index is 6.12. The van der Waals surface area contributed by atoms with Crippen molar-refractivity contribution in [2.24, 2.45) is 11.7 Å². The zero-order valence-corrected chi connectivity index (χ0v) is 9.21. The van der Waals surface area contributed by atoms with Crippen LogP contribution in [-0.4, -0.2) is 13.6 Å². The fraction of sp³-hybridized carbons (Fsp3) is 0.636. The van der Waals surface area contributed by atoms with E-state index in [-0.39, 0.29) is 6.04 Å². The van der Waals surface area contributed by atoms with Crippen molar-refractivity contribution in [3.63, 3.8) is 0 Å². The molecular weight excluding hydrogens is 176 g/mol. The summed E-state index contributed by atoms with van der Waals surface area (Å²) in [5, 5.41) is 3.15. The van der Waals surface area contributed by atoms with Gasteiger partial charge in [0, 0.05) is 0 Å². The Morgan fingerprint density at radius 3 is 2.64 bits per heavy atom. The molecule has 14 heavy (non-hydrogen) atoms. The molecule has 3 heteroatoms. The van der Waals surface area contributed by atoms with Crippen molar-refractivity contribution in [1.82, 2.24) is 5.32 Å². The van der Waals surface area contributed by atoms with Crippen LogP contribution in [0.25, 0.3) is 0 Å². The molecule has 1 rings (SSSR count). The van der Waals surface area contributed by atoms with Gasteiger partial charge in [0.05, 0.1) is 6.04 Å². The number of furan rings is 1. The molecule has 0 aliphatic carbocycles. The lowest BCUT2D eigenvalue weighted by Crippen LogP contribution is -2.29.